The molecule has 0 radical (unpaired) electrons. The van der Waals surface area contributed by atoms with Gasteiger partial charge in [-0.15, -0.1) is 0 Å². The highest BCUT2D eigenvalue weighted by Gasteiger charge is 2.36. The van der Waals surface area contributed by atoms with Crippen molar-refractivity contribution in [3.8, 4) is 29.1 Å². The molecule has 6 heterocycles. The number of nitriles is 2. The Morgan fingerprint density at radius 3 is 2.61 bits per heavy atom. The highest BCUT2D eigenvalue weighted by Crippen LogP contribution is 2.35. The summed E-state index contributed by atoms with van der Waals surface area (Å²) in [6, 6.07) is 10.8. The van der Waals surface area contributed by atoms with E-state index >= 15 is 0 Å². The molecule has 2 fully saturated rings. The molecule has 0 amide bonds. The van der Waals surface area contributed by atoms with Gasteiger partial charge in [0, 0.05) is 61.4 Å². The molecule has 0 bridgehead atoms. The van der Waals surface area contributed by atoms with E-state index in [-0.39, 0.29) is 6.10 Å². The average molecular weight is 508 g/mol. The van der Waals surface area contributed by atoms with Crippen LogP contribution in [0.5, 0.6) is 5.75 Å². The number of fused-ring (bicyclic) bond motifs is 1. The van der Waals surface area contributed by atoms with Crippen LogP contribution in [0.1, 0.15) is 48.9 Å². The van der Waals surface area contributed by atoms with Crippen molar-refractivity contribution in [2.75, 3.05) is 26.2 Å². The zero-order valence-electron chi connectivity index (χ0n) is 21.5. The fourth-order valence-corrected chi connectivity index (χ4v) is 5.62. The van der Waals surface area contributed by atoms with E-state index in [1.807, 2.05) is 48.5 Å². The van der Waals surface area contributed by atoms with Crippen LogP contribution in [-0.2, 0) is 0 Å². The van der Waals surface area contributed by atoms with Crippen molar-refractivity contribution in [3.05, 3.63) is 66.0 Å². The summed E-state index contributed by atoms with van der Waals surface area (Å²) in [7, 11) is 0. The van der Waals surface area contributed by atoms with Crippen LogP contribution in [0, 0.1) is 29.7 Å². The van der Waals surface area contributed by atoms with Gasteiger partial charge in [-0.2, -0.15) is 20.7 Å². The normalized spacial score (nSPS) is 17.6. The molecule has 2 saturated heterocycles. The minimum atomic E-state index is -0.304. The average Bonchev–Trinajstić information content (AvgIpc) is 3.52. The van der Waals surface area contributed by atoms with E-state index in [1.165, 1.54) is 0 Å². The first kappa shape index (κ1) is 24.0. The summed E-state index contributed by atoms with van der Waals surface area (Å²) in [5, 5.41) is 28.0. The van der Waals surface area contributed by atoms with E-state index in [0.717, 1.165) is 61.5 Å². The summed E-state index contributed by atoms with van der Waals surface area (Å²) in [5.74, 6) is 0.584. The van der Waals surface area contributed by atoms with Crippen LogP contribution in [0.2, 0.25) is 0 Å². The van der Waals surface area contributed by atoms with Gasteiger partial charge in [0.15, 0.2) is 6.19 Å². The number of nitrogens with zero attached hydrogens (tertiary/aromatic N) is 9. The van der Waals surface area contributed by atoms with Gasteiger partial charge in [-0.05, 0) is 44.9 Å². The Kier molecular flexibility index (Phi) is 6.18. The minimum absolute atomic E-state index is 0.304. The molecule has 10 nitrogen and oxygen atoms in total. The number of rotatable bonds is 6. The molecule has 10 heteroatoms. The zero-order valence-corrected chi connectivity index (χ0v) is 21.5. The lowest BCUT2D eigenvalue weighted by Gasteiger charge is -2.46. The summed E-state index contributed by atoms with van der Waals surface area (Å²) in [5.41, 5.74) is 4.94. The smallest absolute Gasteiger partial charge is 0.179 e. The molecule has 0 spiro atoms. The van der Waals surface area contributed by atoms with Crippen molar-refractivity contribution in [2.45, 2.75) is 44.9 Å². The lowest BCUT2D eigenvalue weighted by Crippen LogP contribution is -2.55. The van der Waals surface area contributed by atoms with Gasteiger partial charge in [-0.25, -0.2) is 4.52 Å². The fraction of sp³-hybridized carbons (Fsp3) is 0.393. The predicted octanol–water partition coefficient (Wildman–Crippen LogP) is 3.72. The maximum Gasteiger partial charge on any atom is 0.179 e. The fourth-order valence-electron chi connectivity index (χ4n) is 5.62. The van der Waals surface area contributed by atoms with E-state index in [2.05, 4.69) is 38.9 Å². The standard InChI is InChI=1S/C28H29N9O/c1-19-25(14-33-37(19)24-16-35(17-24)23-6-9-34(18-30)10-7-23)21-11-27(28-22(12-29)13-32-36(28)15-21)38-20(2)26-5-3-4-8-31-26/h3-5,8,11,13-15,20,23-24H,6-7,9-10,16-17H2,1-2H3/t20-/m1/s1. The molecule has 192 valence electrons. The van der Waals surface area contributed by atoms with E-state index < -0.39 is 0 Å². The number of pyridine rings is 2. The molecule has 4 aromatic rings. The number of hydrogen-bond acceptors (Lipinski definition) is 8. The van der Waals surface area contributed by atoms with Gasteiger partial charge < -0.3 is 9.64 Å². The Morgan fingerprint density at radius 2 is 1.89 bits per heavy atom. The van der Waals surface area contributed by atoms with Gasteiger partial charge in [0.25, 0.3) is 0 Å². The summed E-state index contributed by atoms with van der Waals surface area (Å²) in [6.07, 6.45) is 11.2. The van der Waals surface area contributed by atoms with E-state index in [4.69, 9.17) is 15.1 Å². The quantitative estimate of drug-likeness (QED) is 0.363. The van der Waals surface area contributed by atoms with Gasteiger partial charge in [0.05, 0.1) is 24.1 Å². The summed E-state index contributed by atoms with van der Waals surface area (Å²) in [6.45, 7) is 7.68. The molecule has 6 rings (SSSR count). The van der Waals surface area contributed by atoms with Gasteiger partial charge in [-0.3, -0.25) is 14.6 Å². The Labute approximate surface area is 221 Å². The monoisotopic (exact) mass is 507 g/mol. The third kappa shape index (κ3) is 4.23. The summed E-state index contributed by atoms with van der Waals surface area (Å²) < 4.78 is 10.2. The highest BCUT2D eigenvalue weighted by atomic mass is 16.5. The van der Waals surface area contributed by atoms with E-state index in [9.17, 15) is 5.26 Å². The van der Waals surface area contributed by atoms with Crippen molar-refractivity contribution >= 4 is 5.52 Å². The topological polar surface area (TPSA) is 111 Å². The van der Waals surface area contributed by atoms with Gasteiger partial charge >= 0.3 is 0 Å². The van der Waals surface area contributed by atoms with Crippen LogP contribution >= 0.6 is 0 Å². The molecule has 0 aromatic carbocycles. The molecule has 0 saturated carbocycles. The molecular formula is C28H29N9O. The lowest BCUT2D eigenvalue weighted by molar-refractivity contribution is 0.0272. The molecule has 0 aliphatic carbocycles. The summed E-state index contributed by atoms with van der Waals surface area (Å²) in [4.78, 5) is 8.79. The maximum absolute atomic E-state index is 9.66. The zero-order chi connectivity index (χ0) is 26.2. The number of likely N-dealkylation sites (tertiary alicyclic amines) is 2. The second-order valence-corrected chi connectivity index (χ2v) is 10.1. The molecule has 2 aliphatic rings. The SMILES string of the molecule is Cc1c(-c2cc(O[C@H](C)c3ccccn3)c3c(C#N)cnn3c2)cnn1C1CN(C2CCN(C#N)CC2)C1. The van der Waals surface area contributed by atoms with Crippen LogP contribution in [0.25, 0.3) is 16.6 Å². The lowest BCUT2D eigenvalue weighted by atomic mass is 9.97. The van der Waals surface area contributed by atoms with Crippen LogP contribution in [0.15, 0.2) is 49.1 Å². The van der Waals surface area contributed by atoms with E-state index in [0.29, 0.717) is 28.9 Å². The second-order valence-electron chi connectivity index (χ2n) is 10.1. The van der Waals surface area contributed by atoms with Crippen LogP contribution in [0.4, 0.5) is 0 Å². The molecule has 38 heavy (non-hydrogen) atoms. The molecule has 0 N–H and O–H groups in total. The Hall–Kier alpha value is -4.41. The summed E-state index contributed by atoms with van der Waals surface area (Å²) >= 11 is 0. The number of hydrogen-bond donors (Lipinski definition) is 0. The van der Waals surface area contributed by atoms with Crippen molar-refractivity contribution in [1.29, 1.82) is 10.5 Å². The number of aromatic nitrogens is 5. The molecule has 0 unspecified atom stereocenters. The highest BCUT2D eigenvalue weighted by molar-refractivity contribution is 5.76. The van der Waals surface area contributed by atoms with Gasteiger partial charge in [-0.1, -0.05) is 6.07 Å². The van der Waals surface area contributed by atoms with Gasteiger partial charge in [0.1, 0.15) is 29.0 Å². The Balaban J connectivity index is 1.25. The largest absolute Gasteiger partial charge is 0.482 e. The van der Waals surface area contributed by atoms with Crippen molar-refractivity contribution in [1.82, 2.24) is 34.2 Å². The van der Waals surface area contributed by atoms with Crippen LogP contribution in [-0.4, -0.2) is 66.4 Å². The predicted molar refractivity (Wildman–Crippen MR) is 140 cm³/mol. The molecular weight excluding hydrogens is 478 g/mol. The Bertz CT molecular complexity index is 1530. The maximum atomic E-state index is 9.66. The Morgan fingerprint density at radius 1 is 1.08 bits per heavy atom. The first-order valence-corrected chi connectivity index (χ1v) is 13.0. The van der Waals surface area contributed by atoms with Crippen molar-refractivity contribution in [3.63, 3.8) is 0 Å². The molecule has 2 aliphatic heterocycles. The first-order chi connectivity index (χ1) is 18.6. The van der Waals surface area contributed by atoms with Crippen molar-refractivity contribution < 1.29 is 4.74 Å². The first-order valence-electron chi connectivity index (χ1n) is 13.0. The molecule has 4 aromatic heterocycles. The third-order valence-corrected chi connectivity index (χ3v) is 7.82. The molecule has 1 atom stereocenters. The van der Waals surface area contributed by atoms with Crippen LogP contribution < -0.4 is 4.74 Å². The number of piperidine rings is 1. The minimum Gasteiger partial charge on any atom is -0.482 e. The number of ether oxygens (including phenoxy) is 1. The van der Waals surface area contributed by atoms with E-state index in [1.54, 1.807) is 16.9 Å². The van der Waals surface area contributed by atoms with Gasteiger partial charge in [0.2, 0.25) is 0 Å². The second kappa shape index (κ2) is 9.81. The third-order valence-electron chi connectivity index (χ3n) is 7.82. The van der Waals surface area contributed by atoms with Crippen molar-refractivity contribution in [2.24, 2.45) is 0 Å². The van der Waals surface area contributed by atoms with Crippen LogP contribution in [0.3, 0.4) is 0 Å².